The summed E-state index contributed by atoms with van der Waals surface area (Å²) in [5.41, 5.74) is 18.8. The maximum absolute atomic E-state index is 5.82. The van der Waals surface area contributed by atoms with E-state index in [1.54, 1.807) is 0 Å². The van der Waals surface area contributed by atoms with E-state index < -0.39 is 0 Å². The lowest BCUT2D eigenvalue weighted by Crippen LogP contribution is -2.28. The van der Waals surface area contributed by atoms with Gasteiger partial charge in [-0.2, -0.15) is 0 Å². The van der Waals surface area contributed by atoms with Gasteiger partial charge in [0.15, 0.2) is 0 Å². The number of aliphatic imine (C=N–C) groups is 1. The van der Waals surface area contributed by atoms with E-state index >= 15 is 0 Å². The first-order valence-electron chi connectivity index (χ1n) is 22.1. The second-order valence-corrected chi connectivity index (χ2v) is 12.3. The van der Waals surface area contributed by atoms with Crippen molar-refractivity contribution in [2.75, 3.05) is 7.05 Å². The van der Waals surface area contributed by atoms with Crippen molar-refractivity contribution < 1.29 is 0 Å². The Labute approximate surface area is 368 Å². The van der Waals surface area contributed by atoms with Crippen molar-refractivity contribution in [3.8, 4) is 0 Å². The van der Waals surface area contributed by atoms with Crippen molar-refractivity contribution >= 4 is 5.71 Å². The van der Waals surface area contributed by atoms with Gasteiger partial charge in [-0.15, -0.1) is 26.3 Å². The zero-order valence-corrected chi connectivity index (χ0v) is 41.6. The first kappa shape index (κ1) is 66.2. The minimum atomic E-state index is 0.314. The van der Waals surface area contributed by atoms with E-state index in [1.165, 1.54) is 22.3 Å². The number of nitrogens with zero attached hydrogens (tertiary/aromatic N) is 1. The molecule has 1 aliphatic carbocycles. The molecule has 1 aliphatic rings. The smallest absolute Gasteiger partial charge is 0.0659 e. The number of hydrogen-bond acceptors (Lipinski definition) is 5. The van der Waals surface area contributed by atoms with Gasteiger partial charge >= 0.3 is 0 Å². The second-order valence-electron chi connectivity index (χ2n) is 12.3. The van der Waals surface area contributed by atoms with Crippen LogP contribution < -0.4 is 21.7 Å². The van der Waals surface area contributed by atoms with E-state index in [-0.39, 0.29) is 0 Å². The zero-order valence-electron chi connectivity index (χ0n) is 41.6. The number of hydrogen-bond donors (Lipinski definition) is 4. The van der Waals surface area contributed by atoms with Crippen LogP contribution in [0.25, 0.3) is 0 Å². The molecule has 336 valence electrons. The highest BCUT2D eigenvalue weighted by atomic mass is 14.9. The van der Waals surface area contributed by atoms with Crippen molar-refractivity contribution in [3.05, 3.63) is 169 Å². The number of allylic oxidation sites excluding steroid dienone is 11. The van der Waals surface area contributed by atoms with Gasteiger partial charge in [0.1, 0.15) is 0 Å². The summed E-state index contributed by atoms with van der Waals surface area (Å²) in [7, 11) is 1.95. The average Bonchev–Trinajstić information content (AvgIpc) is 3.28. The molecule has 1 aromatic carbocycles. The summed E-state index contributed by atoms with van der Waals surface area (Å²) in [5.74, 6) is 0. The highest BCUT2D eigenvalue weighted by Gasteiger charge is 2.17. The lowest BCUT2D eigenvalue weighted by Gasteiger charge is -2.24. The van der Waals surface area contributed by atoms with Gasteiger partial charge in [0.2, 0.25) is 0 Å². The van der Waals surface area contributed by atoms with Gasteiger partial charge < -0.3 is 21.7 Å². The summed E-state index contributed by atoms with van der Waals surface area (Å²) >= 11 is 0. The van der Waals surface area contributed by atoms with Crippen LogP contribution in [0.3, 0.4) is 0 Å². The first-order valence-corrected chi connectivity index (χ1v) is 22.1. The Morgan fingerprint density at radius 3 is 1.83 bits per heavy atom. The van der Waals surface area contributed by atoms with Crippen molar-refractivity contribution in [2.24, 2.45) is 10.7 Å². The molecule has 0 aliphatic heterocycles. The highest BCUT2D eigenvalue weighted by Crippen LogP contribution is 2.26. The van der Waals surface area contributed by atoms with Crippen LogP contribution in [0.2, 0.25) is 0 Å². The van der Waals surface area contributed by atoms with E-state index in [0.717, 1.165) is 96.8 Å². The summed E-state index contributed by atoms with van der Waals surface area (Å²) < 4.78 is 0. The lowest BCUT2D eigenvalue weighted by atomic mass is 9.95. The summed E-state index contributed by atoms with van der Waals surface area (Å²) in [6.07, 6.45) is 15.7. The zero-order chi connectivity index (χ0) is 47.4. The van der Waals surface area contributed by atoms with Crippen molar-refractivity contribution in [2.45, 2.75) is 162 Å². The standard InChI is InChI=1S/C28H42N2.C14H19N3.5C2H6.C2H4/c1-11-14-18-25(9)29-28(21(4)5)20-24(8)26(10)30-27(16-12-2)19-15-17-23(7)22(6)13-3;1-10-6-13(14(10)15)17-9-12-5-3-4-11(7-12)8-16-2;6*1-2/h11-13,18,20,27,30H,1-4,10,14-17,19H2,5-9H3;3-5,7,16-17H,1,6,8-9,15H2,2H3;5*1-2H3;1-2H2/b23-22+,24-20+,25-18+,29-28+;;;;;;;. The van der Waals surface area contributed by atoms with E-state index in [0.29, 0.717) is 6.04 Å². The number of nitrogens with one attached hydrogen (secondary N) is 3. The largest absolute Gasteiger partial charge is 0.397 e. The molecular weight excluding hydrogens is 719 g/mol. The van der Waals surface area contributed by atoms with Gasteiger partial charge in [0.25, 0.3) is 0 Å². The summed E-state index contributed by atoms with van der Waals surface area (Å²) in [6.45, 7) is 61.7. The van der Waals surface area contributed by atoms with E-state index in [1.807, 2.05) is 114 Å². The Morgan fingerprint density at radius 1 is 0.847 bits per heavy atom. The van der Waals surface area contributed by atoms with Gasteiger partial charge in [0.05, 0.1) is 11.4 Å². The molecule has 5 N–H and O–H groups in total. The fourth-order valence-corrected chi connectivity index (χ4v) is 4.76. The second kappa shape index (κ2) is 47.8. The molecular formula is C54H95N5. The minimum Gasteiger partial charge on any atom is -0.397 e. The molecule has 5 heteroatoms. The molecule has 0 amide bonds. The molecule has 0 heterocycles. The van der Waals surface area contributed by atoms with Crippen molar-refractivity contribution in [1.29, 1.82) is 0 Å². The topological polar surface area (TPSA) is 74.5 Å². The average molecular weight is 814 g/mol. The van der Waals surface area contributed by atoms with Crippen LogP contribution in [0, 0.1) is 0 Å². The Balaban J connectivity index is -0.000000203. The van der Waals surface area contributed by atoms with Gasteiger partial charge in [-0.1, -0.05) is 155 Å². The summed E-state index contributed by atoms with van der Waals surface area (Å²) in [5, 5.41) is 10.1. The fraction of sp³-hybridized carbons (Fsp3) is 0.463. The first-order chi connectivity index (χ1) is 28.4. The number of rotatable bonds is 20. The minimum absolute atomic E-state index is 0.314. The fourth-order valence-electron chi connectivity index (χ4n) is 4.76. The van der Waals surface area contributed by atoms with Gasteiger partial charge in [-0.05, 0) is 108 Å². The molecule has 0 radical (unpaired) electrons. The molecule has 5 nitrogen and oxygen atoms in total. The Kier molecular flexibility index (Phi) is 53.6. The normalized spacial score (nSPS) is 12.2. The van der Waals surface area contributed by atoms with Crippen LogP contribution in [0.1, 0.15) is 154 Å². The van der Waals surface area contributed by atoms with Crippen LogP contribution in [-0.2, 0) is 13.1 Å². The molecule has 1 aromatic rings. The number of benzene rings is 1. The maximum Gasteiger partial charge on any atom is 0.0659 e. The van der Waals surface area contributed by atoms with Crippen molar-refractivity contribution in [3.63, 3.8) is 0 Å². The molecule has 1 unspecified atom stereocenters. The van der Waals surface area contributed by atoms with Gasteiger partial charge in [0, 0.05) is 42.6 Å². The molecule has 0 bridgehead atoms. The predicted molar refractivity (Wildman–Crippen MR) is 277 cm³/mol. The van der Waals surface area contributed by atoms with Gasteiger partial charge in [-0.3, -0.25) is 4.99 Å². The third kappa shape index (κ3) is 34.0. The number of nitrogens with two attached hydrogens (primary N) is 1. The van der Waals surface area contributed by atoms with Gasteiger partial charge in [-0.25, -0.2) is 0 Å². The Morgan fingerprint density at radius 2 is 1.39 bits per heavy atom. The Hall–Kier alpha value is -4.61. The third-order valence-corrected chi connectivity index (χ3v) is 8.03. The third-order valence-electron chi connectivity index (χ3n) is 8.03. The molecule has 0 spiro atoms. The predicted octanol–water partition coefficient (Wildman–Crippen LogP) is 15.7. The van der Waals surface area contributed by atoms with Crippen LogP contribution in [0.15, 0.2) is 163 Å². The SMILES string of the molecule is C=C.C=C1CC(NCc2cccc(CNC)c2)=C1N.C=CC/C=C(C)/N=C(\C=C(/C)C(=C)NC(CC=C)CCC/C(C)=C(\C)C=C)C(=C)C.CC.CC.CC.CC.CC. The molecule has 59 heavy (non-hydrogen) atoms. The molecule has 0 saturated carbocycles. The lowest BCUT2D eigenvalue weighted by molar-refractivity contribution is 0.514. The molecule has 2 rings (SSSR count). The molecule has 1 atom stereocenters. The highest BCUT2D eigenvalue weighted by molar-refractivity contribution is 6.08. The maximum atomic E-state index is 5.82. The van der Waals surface area contributed by atoms with E-state index in [4.69, 9.17) is 10.7 Å². The summed E-state index contributed by atoms with van der Waals surface area (Å²) in [6, 6.07) is 8.85. The van der Waals surface area contributed by atoms with Crippen LogP contribution in [0.5, 0.6) is 0 Å². The van der Waals surface area contributed by atoms with Crippen LogP contribution in [0.4, 0.5) is 0 Å². The molecule has 0 fully saturated rings. The summed E-state index contributed by atoms with van der Waals surface area (Å²) in [4.78, 5) is 4.70. The van der Waals surface area contributed by atoms with Crippen molar-refractivity contribution in [1.82, 2.24) is 16.0 Å². The van der Waals surface area contributed by atoms with Crippen LogP contribution >= 0.6 is 0 Å². The monoisotopic (exact) mass is 814 g/mol. The quantitative estimate of drug-likeness (QED) is 0.0601. The Bertz CT molecular complexity index is 1440. The molecule has 0 aromatic heterocycles. The molecule has 0 saturated heterocycles. The van der Waals surface area contributed by atoms with Crippen LogP contribution in [-0.4, -0.2) is 18.8 Å². The van der Waals surface area contributed by atoms with E-state index in [9.17, 15) is 0 Å². The van der Waals surface area contributed by atoms with E-state index in [2.05, 4.69) is 120 Å².